The van der Waals surface area contributed by atoms with Gasteiger partial charge in [0, 0.05) is 23.3 Å². The molecular formula is C22H23ClN4O3S. The molecule has 2 N–H and O–H groups in total. The number of methoxy groups -OCH3 is 1. The summed E-state index contributed by atoms with van der Waals surface area (Å²) in [6, 6.07) is 13.1. The lowest BCUT2D eigenvalue weighted by atomic mass is 10.1. The molecular weight excluding hydrogens is 436 g/mol. The zero-order valence-corrected chi connectivity index (χ0v) is 18.7. The summed E-state index contributed by atoms with van der Waals surface area (Å²) in [5.74, 6) is 8.13. The van der Waals surface area contributed by atoms with Crippen LogP contribution < -0.4 is 15.3 Å². The minimum Gasteiger partial charge on any atom is -0.493 e. The Morgan fingerprint density at radius 1 is 1.32 bits per heavy atom. The third-order valence-electron chi connectivity index (χ3n) is 4.95. The van der Waals surface area contributed by atoms with E-state index in [4.69, 9.17) is 36.8 Å². The van der Waals surface area contributed by atoms with Gasteiger partial charge in [0.1, 0.15) is 6.10 Å². The lowest BCUT2D eigenvalue weighted by molar-refractivity contribution is 0.138. The van der Waals surface area contributed by atoms with Crippen LogP contribution in [-0.4, -0.2) is 48.7 Å². The number of thioether (sulfide) groups is 1. The molecule has 0 saturated carbocycles. The molecule has 1 unspecified atom stereocenters. The molecule has 2 aromatic carbocycles. The fraction of sp³-hybridized carbons (Fsp3) is 0.273. The van der Waals surface area contributed by atoms with Crippen LogP contribution in [0.25, 0.3) is 0 Å². The topological polar surface area (TPSA) is 81.7 Å². The highest BCUT2D eigenvalue weighted by molar-refractivity contribution is 8.03. The fourth-order valence-electron chi connectivity index (χ4n) is 3.34. The summed E-state index contributed by atoms with van der Waals surface area (Å²) >= 11 is 7.92. The van der Waals surface area contributed by atoms with Gasteiger partial charge in [0.05, 0.1) is 36.1 Å². The van der Waals surface area contributed by atoms with Crippen molar-refractivity contribution >= 4 is 34.9 Å². The summed E-state index contributed by atoms with van der Waals surface area (Å²) in [4.78, 5) is 0. The van der Waals surface area contributed by atoms with E-state index < -0.39 is 0 Å². The van der Waals surface area contributed by atoms with E-state index in [9.17, 15) is 0 Å². The van der Waals surface area contributed by atoms with Crippen molar-refractivity contribution in [2.45, 2.75) is 12.5 Å². The minimum absolute atomic E-state index is 0.0132. The average Bonchev–Trinajstić information content (AvgIpc) is 3.30. The van der Waals surface area contributed by atoms with Crippen LogP contribution in [0.5, 0.6) is 11.5 Å². The third-order valence-corrected chi connectivity index (χ3v) is 6.20. The second-order valence-corrected chi connectivity index (χ2v) is 8.40. The predicted molar refractivity (Wildman–Crippen MR) is 125 cm³/mol. The molecule has 2 aliphatic heterocycles. The Kier molecular flexibility index (Phi) is 6.70. The largest absolute Gasteiger partial charge is 0.493 e. The molecule has 0 bridgehead atoms. The molecule has 162 valence electrons. The minimum atomic E-state index is 0.0132. The molecule has 1 saturated heterocycles. The molecule has 2 heterocycles. The van der Waals surface area contributed by atoms with Gasteiger partial charge in [0.15, 0.2) is 17.3 Å². The van der Waals surface area contributed by atoms with E-state index >= 15 is 0 Å². The van der Waals surface area contributed by atoms with Crippen LogP contribution in [0.1, 0.15) is 17.5 Å². The summed E-state index contributed by atoms with van der Waals surface area (Å²) in [7, 11) is 1.63. The Morgan fingerprint density at radius 3 is 2.87 bits per heavy atom. The molecule has 1 fully saturated rings. The van der Waals surface area contributed by atoms with Gasteiger partial charge in [-0.3, -0.25) is 0 Å². The van der Waals surface area contributed by atoms with Gasteiger partial charge in [-0.1, -0.05) is 30.3 Å². The van der Waals surface area contributed by atoms with Crippen molar-refractivity contribution in [3.8, 4) is 11.5 Å². The van der Waals surface area contributed by atoms with Crippen molar-refractivity contribution in [2.24, 2.45) is 16.0 Å². The smallest absolute Gasteiger partial charge is 0.182 e. The molecule has 0 amide bonds. The van der Waals surface area contributed by atoms with E-state index in [1.165, 1.54) is 0 Å². The molecule has 0 aliphatic carbocycles. The molecule has 0 radical (unpaired) electrons. The number of hydrogen-bond donors (Lipinski definition) is 1. The van der Waals surface area contributed by atoms with Gasteiger partial charge < -0.3 is 20.1 Å². The van der Waals surface area contributed by atoms with Crippen molar-refractivity contribution in [1.82, 2.24) is 5.01 Å². The van der Waals surface area contributed by atoms with E-state index in [0.29, 0.717) is 51.9 Å². The molecule has 7 nitrogen and oxygen atoms in total. The Hall–Kier alpha value is -2.68. The first-order chi connectivity index (χ1) is 15.1. The van der Waals surface area contributed by atoms with Gasteiger partial charge in [0.25, 0.3) is 0 Å². The van der Waals surface area contributed by atoms with Gasteiger partial charge in [0.2, 0.25) is 0 Å². The molecule has 9 heteroatoms. The fourth-order valence-corrected chi connectivity index (χ4v) is 4.34. The first-order valence-corrected chi connectivity index (χ1v) is 11.1. The van der Waals surface area contributed by atoms with Gasteiger partial charge in [-0.2, -0.15) is 10.2 Å². The van der Waals surface area contributed by atoms with Crippen LogP contribution >= 0.6 is 23.4 Å². The molecule has 2 aromatic rings. The van der Waals surface area contributed by atoms with E-state index in [1.54, 1.807) is 29.9 Å². The monoisotopic (exact) mass is 458 g/mol. The van der Waals surface area contributed by atoms with Crippen molar-refractivity contribution in [1.29, 1.82) is 0 Å². The van der Waals surface area contributed by atoms with Crippen molar-refractivity contribution < 1.29 is 14.2 Å². The second kappa shape index (κ2) is 9.64. The summed E-state index contributed by atoms with van der Waals surface area (Å²) < 4.78 is 17.0. The van der Waals surface area contributed by atoms with Gasteiger partial charge in [-0.05, 0) is 30.3 Å². The lowest BCUT2D eigenvalue weighted by Gasteiger charge is -2.28. The number of nitrogens with zero attached hydrogens (tertiary/aromatic N) is 3. The molecule has 31 heavy (non-hydrogen) atoms. The first kappa shape index (κ1) is 21.5. The zero-order chi connectivity index (χ0) is 21.8. The maximum Gasteiger partial charge on any atom is 0.182 e. The van der Waals surface area contributed by atoms with Crippen molar-refractivity contribution in [3.63, 3.8) is 0 Å². The number of amidine groups is 1. The Bertz CT molecular complexity index is 1040. The highest BCUT2D eigenvalue weighted by Crippen LogP contribution is 2.34. The Labute approximate surface area is 190 Å². The highest BCUT2D eigenvalue weighted by Gasteiger charge is 2.26. The van der Waals surface area contributed by atoms with Crippen molar-refractivity contribution in [2.75, 3.05) is 26.1 Å². The molecule has 0 spiro atoms. The average molecular weight is 459 g/mol. The standard InChI is InChI=1S/C22H23ClN4O3S/c1-14-27(22(25-24)17-5-3-4-6-18(17)23)26-19(13-31-14)15-7-8-20(28-2)21(11-15)30-16-9-10-29-12-16/h3-8,11,16H,1,9-10,12-13,24H2,2H3/b25-22-. The SMILES string of the molecule is C=C1SCC(c2ccc(OC)c(OC3CCOC3)c2)=NN1/C(=N\N)c1ccccc1Cl. The van der Waals surface area contributed by atoms with Gasteiger partial charge in [-0.15, -0.1) is 11.8 Å². The van der Waals surface area contributed by atoms with E-state index in [-0.39, 0.29) is 6.10 Å². The van der Waals surface area contributed by atoms with Crippen LogP contribution in [0, 0.1) is 0 Å². The quantitative estimate of drug-likeness (QED) is 0.315. The summed E-state index contributed by atoms with van der Waals surface area (Å²) in [5, 5.41) is 11.6. The Balaban J connectivity index is 1.67. The number of hydrogen-bond acceptors (Lipinski definition) is 7. The summed E-state index contributed by atoms with van der Waals surface area (Å²) in [5.41, 5.74) is 2.43. The normalized spacial score (nSPS) is 19.4. The van der Waals surface area contributed by atoms with Crippen LogP contribution in [0.15, 0.2) is 64.3 Å². The molecule has 4 rings (SSSR count). The zero-order valence-electron chi connectivity index (χ0n) is 17.1. The third kappa shape index (κ3) is 4.66. The second-order valence-electron chi connectivity index (χ2n) is 6.94. The molecule has 0 aromatic heterocycles. The van der Waals surface area contributed by atoms with E-state index in [0.717, 1.165) is 17.7 Å². The number of nitrogens with two attached hydrogens (primary N) is 1. The molecule has 2 aliphatic rings. The number of ether oxygens (including phenoxy) is 3. The van der Waals surface area contributed by atoms with Crippen LogP contribution in [0.2, 0.25) is 5.02 Å². The van der Waals surface area contributed by atoms with Crippen LogP contribution in [-0.2, 0) is 4.74 Å². The maximum absolute atomic E-state index is 6.36. The summed E-state index contributed by atoms with van der Waals surface area (Å²) in [6.45, 7) is 5.38. The maximum atomic E-state index is 6.36. The number of rotatable bonds is 5. The van der Waals surface area contributed by atoms with Gasteiger partial charge >= 0.3 is 0 Å². The lowest BCUT2D eigenvalue weighted by Crippen LogP contribution is -2.31. The number of hydrazone groups is 2. The summed E-state index contributed by atoms with van der Waals surface area (Å²) in [6.07, 6.45) is 0.866. The predicted octanol–water partition coefficient (Wildman–Crippen LogP) is 4.06. The van der Waals surface area contributed by atoms with Crippen LogP contribution in [0.4, 0.5) is 0 Å². The van der Waals surface area contributed by atoms with E-state index in [2.05, 4.69) is 11.7 Å². The first-order valence-electron chi connectivity index (χ1n) is 9.75. The number of halogens is 1. The van der Waals surface area contributed by atoms with Crippen molar-refractivity contribution in [3.05, 3.63) is 70.2 Å². The molecule has 1 atom stereocenters. The van der Waals surface area contributed by atoms with Gasteiger partial charge in [-0.25, -0.2) is 5.01 Å². The van der Waals surface area contributed by atoms with E-state index in [1.807, 2.05) is 36.4 Å². The Morgan fingerprint density at radius 2 is 2.16 bits per heavy atom. The van der Waals surface area contributed by atoms with Crippen LogP contribution in [0.3, 0.4) is 0 Å². The number of benzene rings is 2. The highest BCUT2D eigenvalue weighted by atomic mass is 35.5.